The molecular weight excluding hydrogens is 250 g/mol. The van der Waals surface area contributed by atoms with E-state index in [9.17, 15) is 9.59 Å². The molecule has 0 spiro atoms. The molecule has 0 amide bonds. The second-order valence-corrected chi connectivity index (χ2v) is 3.69. The van der Waals surface area contributed by atoms with Crippen LogP contribution in [0.3, 0.4) is 0 Å². The number of nitrogens with zero attached hydrogens (tertiary/aromatic N) is 2. The molecule has 0 bridgehead atoms. The van der Waals surface area contributed by atoms with Gasteiger partial charge in [0.1, 0.15) is 5.69 Å². The molecule has 98 valence electrons. The van der Waals surface area contributed by atoms with E-state index in [1.54, 1.807) is 0 Å². The number of H-pyrrole nitrogens is 1. The van der Waals surface area contributed by atoms with Gasteiger partial charge < -0.3 is 21.1 Å². The first-order valence-electron chi connectivity index (χ1n) is 5.33. The van der Waals surface area contributed by atoms with Crippen molar-refractivity contribution < 1.29 is 9.90 Å². The predicted octanol–water partition coefficient (Wildman–Crippen LogP) is 0.0574. The molecule has 0 atom stereocenters. The van der Waals surface area contributed by atoms with Gasteiger partial charge in [-0.25, -0.2) is 9.78 Å². The normalized spacial score (nSPS) is 10.1. The second kappa shape index (κ2) is 5.17. The zero-order valence-electron chi connectivity index (χ0n) is 9.75. The van der Waals surface area contributed by atoms with Gasteiger partial charge in [-0.1, -0.05) is 0 Å². The maximum atomic E-state index is 11.2. The minimum Gasteiger partial charge on any atom is -0.478 e. The molecule has 0 saturated heterocycles. The third-order valence-electron chi connectivity index (χ3n) is 2.39. The molecule has 19 heavy (non-hydrogen) atoms. The average Bonchev–Trinajstić information content (AvgIpc) is 2.41. The van der Waals surface area contributed by atoms with E-state index in [-0.39, 0.29) is 23.6 Å². The first-order chi connectivity index (χ1) is 9.08. The van der Waals surface area contributed by atoms with Crippen LogP contribution in [0.2, 0.25) is 0 Å². The average molecular weight is 261 g/mol. The number of aromatic nitrogens is 3. The Morgan fingerprint density at radius 2 is 2.26 bits per heavy atom. The van der Waals surface area contributed by atoms with Gasteiger partial charge in [-0.2, -0.15) is 0 Å². The number of carboxylic acid groups (broad SMARTS) is 1. The largest absolute Gasteiger partial charge is 0.478 e. The fraction of sp³-hybridized carbons (Fsp3) is 0.0909. The fourth-order valence-corrected chi connectivity index (χ4v) is 1.43. The zero-order valence-corrected chi connectivity index (χ0v) is 9.75. The van der Waals surface area contributed by atoms with Gasteiger partial charge in [0, 0.05) is 6.20 Å². The van der Waals surface area contributed by atoms with Crippen molar-refractivity contribution in [2.45, 2.75) is 6.54 Å². The highest BCUT2D eigenvalue weighted by Crippen LogP contribution is 2.09. The monoisotopic (exact) mass is 261 g/mol. The van der Waals surface area contributed by atoms with Gasteiger partial charge in [0.15, 0.2) is 5.82 Å². The first-order valence-corrected chi connectivity index (χ1v) is 5.33. The Morgan fingerprint density at radius 3 is 3.00 bits per heavy atom. The molecule has 0 radical (unpaired) electrons. The summed E-state index contributed by atoms with van der Waals surface area (Å²) in [5.41, 5.74) is 5.71. The van der Waals surface area contributed by atoms with E-state index in [0.717, 1.165) is 0 Å². The summed E-state index contributed by atoms with van der Waals surface area (Å²) in [5, 5.41) is 11.7. The molecule has 0 saturated carbocycles. The number of aromatic carboxylic acids is 1. The fourth-order valence-electron chi connectivity index (χ4n) is 1.43. The van der Waals surface area contributed by atoms with Gasteiger partial charge >= 0.3 is 5.97 Å². The van der Waals surface area contributed by atoms with Gasteiger partial charge in [-0.15, -0.1) is 0 Å². The van der Waals surface area contributed by atoms with Crippen LogP contribution in [-0.2, 0) is 6.54 Å². The van der Waals surface area contributed by atoms with E-state index in [1.165, 1.54) is 24.7 Å². The third kappa shape index (κ3) is 2.86. The summed E-state index contributed by atoms with van der Waals surface area (Å²) in [6, 6.07) is 2.82. The Morgan fingerprint density at radius 1 is 1.47 bits per heavy atom. The van der Waals surface area contributed by atoms with Crippen molar-refractivity contribution in [3.8, 4) is 0 Å². The first kappa shape index (κ1) is 12.6. The lowest BCUT2D eigenvalue weighted by atomic mass is 10.2. The Kier molecular flexibility index (Phi) is 3.42. The number of carboxylic acids is 1. The SMILES string of the molecule is Nc1c(NCc2cc(C(=O)O)ccn2)nc[nH]c1=O. The van der Waals surface area contributed by atoms with Crippen molar-refractivity contribution in [1.29, 1.82) is 0 Å². The Labute approximate surface area is 107 Å². The lowest BCUT2D eigenvalue weighted by molar-refractivity contribution is 0.0696. The van der Waals surface area contributed by atoms with E-state index in [2.05, 4.69) is 20.3 Å². The highest BCUT2D eigenvalue weighted by molar-refractivity contribution is 5.87. The van der Waals surface area contributed by atoms with Crippen LogP contribution < -0.4 is 16.6 Å². The molecule has 8 heteroatoms. The van der Waals surface area contributed by atoms with Crippen molar-refractivity contribution in [2.24, 2.45) is 0 Å². The Bertz CT molecular complexity index is 667. The quantitative estimate of drug-likeness (QED) is 0.611. The van der Waals surface area contributed by atoms with Crippen LogP contribution in [0.5, 0.6) is 0 Å². The summed E-state index contributed by atoms with van der Waals surface area (Å²) in [4.78, 5) is 32.3. The molecule has 0 unspecified atom stereocenters. The van der Waals surface area contributed by atoms with Crippen LogP contribution in [0.4, 0.5) is 11.5 Å². The number of nitrogen functional groups attached to an aromatic ring is 1. The number of nitrogens with two attached hydrogens (primary N) is 1. The third-order valence-corrected chi connectivity index (χ3v) is 2.39. The summed E-state index contributed by atoms with van der Waals surface area (Å²) in [5.74, 6) is -0.802. The van der Waals surface area contributed by atoms with Crippen LogP contribution in [0.15, 0.2) is 29.5 Å². The number of carbonyl (C=O) groups is 1. The van der Waals surface area contributed by atoms with Crippen molar-refractivity contribution in [3.05, 3.63) is 46.3 Å². The molecule has 0 aliphatic rings. The molecule has 8 nitrogen and oxygen atoms in total. The number of hydrogen-bond acceptors (Lipinski definition) is 6. The molecule has 0 fully saturated rings. The molecule has 0 aliphatic heterocycles. The van der Waals surface area contributed by atoms with Crippen molar-refractivity contribution in [2.75, 3.05) is 11.1 Å². The van der Waals surface area contributed by atoms with Crippen LogP contribution in [0.25, 0.3) is 0 Å². The second-order valence-electron chi connectivity index (χ2n) is 3.69. The maximum Gasteiger partial charge on any atom is 0.335 e. The molecule has 0 aromatic carbocycles. The van der Waals surface area contributed by atoms with Crippen molar-refractivity contribution >= 4 is 17.5 Å². The lowest BCUT2D eigenvalue weighted by Crippen LogP contribution is -2.16. The molecule has 2 aromatic rings. The minimum atomic E-state index is -1.03. The standard InChI is InChI=1S/C11H11N5O3/c12-8-9(15-5-16-10(8)17)14-4-7-3-6(11(18)19)1-2-13-7/h1-3,5H,4,12H2,(H,18,19)(H2,14,15,16,17). The summed E-state index contributed by atoms with van der Waals surface area (Å²) in [7, 11) is 0. The van der Waals surface area contributed by atoms with E-state index in [1.807, 2.05) is 0 Å². The topological polar surface area (TPSA) is 134 Å². The van der Waals surface area contributed by atoms with Crippen LogP contribution in [-0.4, -0.2) is 26.0 Å². The predicted molar refractivity (Wildman–Crippen MR) is 67.8 cm³/mol. The van der Waals surface area contributed by atoms with Crippen LogP contribution in [0.1, 0.15) is 16.1 Å². The summed E-state index contributed by atoms with van der Waals surface area (Å²) in [6.45, 7) is 0.210. The van der Waals surface area contributed by atoms with Gasteiger partial charge in [0.25, 0.3) is 5.56 Å². The number of hydrogen-bond donors (Lipinski definition) is 4. The number of rotatable bonds is 4. The highest BCUT2D eigenvalue weighted by Gasteiger charge is 2.06. The van der Waals surface area contributed by atoms with E-state index in [4.69, 9.17) is 10.8 Å². The Balaban J connectivity index is 2.14. The number of pyridine rings is 1. The van der Waals surface area contributed by atoms with Crippen molar-refractivity contribution in [3.63, 3.8) is 0 Å². The molecule has 5 N–H and O–H groups in total. The lowest BCUT2D eigenvalue weighted by Gasteiger charge is -2.07. The van der Waals surface area contributed by atoms with Gasteiger partial charge in [0.05, 0.1) is 24.1 Å². The Hall–Kier alpha value is -2.90. The van der Waals surface area contributed by atoms with E-state index >= 15 is 0 Å². The van der Waals surface area contributed by atoms with E-state index in [0.29, 0.717) is 5.69 Å². The highest BCUT2D eigenvalue weighted by atomic mass is 16.4. The van der Waals surface area contributed by atoms with Gasteiger partial charge in [-0.05, 0) is 12.1 Å². The molecule has 2 aromatic heterocycles. The zero-order chi connectivity index (χ0) is 13.8. The molecular formula is C11H11N5O3. The van der Waals surface area contributed by atoms with Gasteiger partial charge in [-0.3, -0.25) is 9.78 Å². The molecule has 0 aliphatic carbocycles. The van der Waals surface area contributed by atoms with Crippen LogP contribution in [0, 0.1) is 0 Å². The number of aromatic amines is 1. The minimum absolute atomic E-state index is 0.0307. The van der Waals surface area contributed by atoms with Crippen molar-refractivity contribution in [1.82, 2.24) is 15.0 Å². The van der Waals surface area contributed by atoms with Crippen LogP contribution >= 0.6 is 0 Å². The van der Waals surface area contributed by atoms with Gasteiger partial charge in [0.2, 0.25) is 0 Å². The summed E-state index contributed by atoms with van der Waals surface area (Å²) < 4.78 is 0. The maximum absolute atomic E-state index is 11.2. The van der Waals surface area contributed by atoms with E-state index < -0.39 is 11.5 Å². The summed E-state index contributed by atoms with van der Waals surface area (Å²) in [6.07, 6.45) is 2.62. The summed E-state index contributed by atoms with van der Waals surface area (Å²) >= 11 is 0. The number of anilines is 2. The molecule has 2 rings (SSSR count). The molecule has 2 heterocycles. The smallest absolute Gasteiger partial charge is 0.335 e. The number of nitrogens with one attached hydrogen (secondary N) is 2.